The van der Waals surface area contributed by atoms with E-state index in [0.717, 1.165) is 29.7 Å². The summed E-state index contributed by atoms with van der Waals surface area (Å²) in [6, 6.07) is 17.9. The van der Waals surface area contributed by atoms with Gasteiger partial charge in [-0.25, -0.2) is 14.4 Å². The lowest BCUT2D eigenvalue weighted by atomic mass is 9.99. The Hall–Kier alpha value is -5.38. The fourth-order valence-electron chi connectivity index (χ4n) is 5.42. The van der Waals surface area contributed by atoms with E-state index in [0.29, 0.717) is 27.7 Å². The summed E-state index contributed by atoms with van der Waals surface area (Å²) in [7, 11) is 0. The highest BCUT2D eigenvalue weighted by molar-refractivity contribution is 6.08. The van der Waals surface area contributed by atoms with Gasteiger partial charge in [0.25, 0.3) is 0 Å². The van der Waals surface area contributed by atoms with E-state index in [-0.39, 0.29) is 36.5 Å². The van der Waals surface area contributed by atoms with Gasteiger partial charge in [-0.05, 0) is 62.1 Å². The van der Waals surface area contributed by atoms with Crippen LogP contribution in [0.4, 0.5) is 21.5 Å². The number of fused-ring (bicyclic) bond motifs is 1. The SMILES string of the molecule is CC(=O)c1cn(CC(=O)N(CC(=O)Nc2cccc(-c3ccccc3C)c2F)C2CC2)c2ccc(Nc3cncnc3)cc12. The number of carbonyl (C=O) groups is 3. The summed E-state index contributed by atoms with van der Waals surface area (Å²) in [4.78, 5) is 48.8. The van der Waals surface area contributed by atoms with Crippen LogP contribution < -0.4 is 10.6 Å². The second-order valence-corrected chi connectivity index (χ2v) is 11.0. The third-order valence-corrected chi connectivity index (χ3v) is 7.75. The minimum absolute atomic E-state index is 0.0516. The molecule has 1 fully saturated rings. The van der Waals surface area contributed by atoms with E-state index in [1.165, 1.54) is 19.3 Å². The molecule has 0 saturated heterocycles. The van der Waals surface area contributed by atoms with Gasteiger partial charge in [0.15, 0.2) is 11.6 Å². The molecular formula is C34H31FN6O3. The molecule has 0 bridgehead atoms. The van der Waals surface area contributed by atoms with Crippen molar-refractivity contribution in [2.75, 3.05) is 17.2 Å². The number of aryl methyl sites for hydroxylation is 1. The number of nitrogens with zero attached hydrogens (tertiary/aromatic N) is 4. The number of rotatable bonds is 10. The number of aromatic nitrogens is 3. The molecule has 5 aromatic rings. The summed E-state index contributed by atoms with van der Waals surface area (Å²) in [6.45, 7) is 3.14. The lowest BCUT2D eigenvalue weighted by Gasteiger charge is -2.23. The highest BCUT2D eigenvalue weighted by Crippen LogP contribution is 2.32. The first kappa shape index (κ1) is 28.7. The van der Waals surface area contributed by atoms with Gasteiger partial charge in [-0.1, -0.05) is 36.4 Å². The summed E-state index contributed by atoms with van der Waals surface area (Å²) < 4.78 is 17.2. The largest absolute Gasteiger partial charge is 0.353 e. The van der Waals surface area contributed by atoms with Crippen LogP contribution in [0.3, 0.4) is 0 Å². The third-order valence-electron chi connectivity index (χ3n) is 7.75. The molecule has 2 amide bonds. The van der Waals surface area contributed by atoms with Crippen molar-refractivity contribution < 1.29 is 18.8 Å². The molecule has 0 unspecified atom stereocenters. The zero-order chi connectivity index (χ0) is 30.8. The van der Waals surface area contributed by atoms with Gasteiger partial charge in [-0.15, -0.1) is 0 Å². The first-order valence-corrected chi connectivity index (χ1v) is 14.4. The molecule has 1 aliphatic rings. The molecule has 222 valence electrons. The topological polar surface area (TPSA) is 109 Å². The number of anilines is 3. The fourth-order valence-corrected chi connectivity index (χ4v) is 5.42. The zero-order valence-electron chi connectivity index (χ0n) is 24.4. The van der Waals surface area contributed by atoms with Gasteiger partial charge in [0.2, 0.25) is 11.8 Å². The van der Waals surface area contributed by atoms with E-state index >= 15 is 4.39 Å². The van der Waals surface area contributed by atoms with E-state index in [1.807, 2.05) is 49.4 Å². The molecule has 2 heterocycles. The Kier molecular flexibility index (Phi) is 7.89. The van der Waals surface area contributed by atoms with Crippen molar-refractivity contribution in [2.45, 2.75) is 39.3 Å². The summed E-state index contributed by atoms with van der Waals surface area (Å²) in [5.74, 6) is -1.39. The number of ketones is 1. The van der Waals surface area contributed by atoms with Crippen LogP contribution in [-0.4, -0.2) is 49.6 Å². The van der Waals surface area contributed by atoms with Gasteiger partial charge >= 0.3 is 0 Å². The van der Waals surface area contributed by atoms with Crippen molar-refractivity contribution in [3.63, 3.8) is 0 Å². The maximum atomic E-state index is 15.5. The summed E-state index contributed by atoms with van der Waals surface area (Å²) >= 11 is 0. The second kappa shape index (κ2) is 12.1. The minimum Gasteiger partial charge on any atom is -0.353 e. The molecule has 10 heteroatoms. The smallest absolute Gasteiger partial charge is 0.244 e. The Labute approximate surface area is 253 Å². The Morgan fingerprint density at radius 1 is 0.977 bits per heavy atom. The highest BCUT2D eigenvalue weighted by Gasteiger charge is 2.34. The van der Waals surface area contributed by atoms with Crippen LogP contribution in [0.2, 0.25) is 0 Å². The number of Topliss-reactive ketones (excluding diaryl/α,β-unsaturated/α-hetero) is 1. The molecule has 0 radical (unpaired) electrons. The van der Waals surface area contributed by atoms with E-state index in [4.69, 9.17) is 0 Å². The molecule has 0 spiro atoms. The van der Waals surface area contributed by atoms with E-state index in [1.54, 1.807) is 40.2 Å². The molecule has 6 rings (SSSR count). The van der Waals surface area contributed by atoms with E-state index in [9.17, 15) is 14.4 Å². The average molecular weight is 591 g/mol. The molecule has 2 aromatic heterocycles. The van der Waals surface area contributed by atoms with Crippen molar-refractivity contribution in [1.82, 2.24) is 19.4 Å². The molecule has 9 nitrogen and oxygen atoms in total. The van der Waals surface area contributed by atoms with Crippen LogP contribution in [-0.2, 0) is 16.1 Å². The predicted molar refractivity (Wildman–Crippen MR) is 167 cm³/mol. The van der Waals surface area contributed by atoms with Gasteiger partial charge in [0.1, 0.15) is 19.4 Å². The molecular weight excluding hydrogens is 559 g/mol. The van der Waals surface area contributed by atoms with Gasteiger partial charge < -0.3 is 20.1 Å². The van der Waals surface area contributed by atoms with Crippen molar-refractivity contribution >= 4 is 45.6 Å². The Morgan fingerprint density at radius 2 is 1.73 bits per heavy atom. The molecule has 2 N–H and O–H groups in total. The van der Waals surface area contributed by atoms with Crippen molar-refractivity contribution in [2.24, 2.45) is 0 Å². The molecule has 1 aliphatic carbocycles. The van der Waals surface area contributed by atoms with Gasteiger partial charge in [0, 0.05) is 40.0 Å². The van der Waals surface area contributed by atoms with Crippen molar-refractivity contribution in [3.05, 3.63) is 103 Å². The second-order valence-electron chi connectivity index (χ2n) is 11.0. The van der Waals surface area contributed by atoms with Crippen molar-refractivity contribution in [3.8, 4) is 11.1 Å². The van der Waals surface area contributed by atoms with Crippen LogP contribution in [0.5, 0.6) is 0 Å². The number of hydrogen-bond donors (Lipinski definition) is 2. The lowest BCUT2D eigenvalue weighted by molar-refractivity contribution is -0.135. The van der Waals surface area contributed by atoms with E-state index < -0.39 is 11.7 Å². The summed E-state index contributed by atoms with van der Waals surface area (Å²) in [6.07, 6.45) is 7.99. The number of hydrogen-bond acceptors (Lipinski definition) is 6. The zero-order valence-corrected chi connectivity index (χ0v) is 24.4. The summed E-state index contributed by atoms with van der Waals surface area (Å²) in [5.41, 5.74) is 4.77. The molecule has 0 aliphatic heterocycles. The standard InChI is InChI=1S/C34H31FN6O3/c1-21-6-3-4-7-26(21)27-8-5-9-30(34(27)35)39-32(43)18-41(25-11-12-25)33(44)19-40-17-29(22(2)42)28-14-23(10-13-31(28)40)38-24-15-36-20-37-16-24/h3-10,13-17,20,25,38H,11-12,18-19H2,1-2H3,(H,39,43). The third kappa shape index (κ3) is 6.05. The quantitative estimate of drug-likeness (QED) is 0.190. The Bertz CT molecular complexity index is 1880. The number of amides is 2. The normalized spacial score (nSPS) is 12.6. The number of carbonyl (C=O) groups excluding carboxylic acids is 3. The van der Waals surface area contributed by atoms with Crippen LogP contribution in [0.25, 0.3) is 22.0 Å². The molecule has 0 atom stereocenters. The Balaban J connectivity index is 1.19. The van der Waals surface area contributed by atoms with E-state index in [2.05, 4.69) is 20.6 Å². The first-order chi connectivity index (χ1) is 21.3. The molecule has 1 saturated carbocycles. The predicted octanol–water partition coefficient (Wildman–Crippen LogP) is 6.12. The Morgan fingerprint density at radius 3 is 2.45 bits per heavy atom. The average Bonchev–Trinajstić information content (AvgIpc) is 3.79. The number of halogens is 1. The lowest BCUT2D eigenvalue weighted by Crippen LogP contribution is -2.41. The van der Waals surface area contributed by atoms with Gasteiger partial charge in [-0.3, -0.25) is 14.4 Å². The van der Waals surface area contributed by atoms with Crippen LogP contribution in [0, 0.1) is 12.7 Å². The highest BCUT2D eigenvalue weighted by atomic mass is 19.1. The minimum atomic E-state index is -0.524. The first-order valence-electron chi connectivity index (χ1n) is 14.4. The summed E-state index contributed by atoms with van der Waals surface area (Å²) in [5, 5.41) is 6.59. The number of nitrogens with one attached hydrogen (secondary N) is 2. The van der Waals surface area contributed by atoms with Crippen LogP contribution in [0.15, 0.2) is 85.6 Å². The van der Waals surface area contributed by atoms with Crippen LogP contribution in [0.1, 0.15) is 35.7 Å². The van der Waals surface area contributed by atoms with Gasteiger partial charge in [0.05, 0.1) is 23.8 Å². The van der Waals surface area contributed by atoms with Crippen LogP contribution >= 0.6 is 0 Å². The van der Waals surface area contributed by atoms with Crippen molar-refractivity contribution in [1.29, 1.82) is 0 Å². The maximum absolute atomic E-state index is 15.5. The maximum Gasteiger partial charge on any atom is 0.244 e. The molecule has 3 aromatic carbocycles. The van der Waals surface area contributed by atoms with Gasteiger partial charge in [-0.2, -0.15) is 0 Å². The number of benzene rings is 3. The molecule has 44 heavy (non-hydrogen) atoms. The fraction of sp³-hybridized carbons (Fsp3) is 0.206. The monoisotopic (exact) mass is 590 g/mol.